The normalized spacial score (nSPS) is 17.4. The molecule has 0 atom stereocenters. The number of piperazine rings is 1. The van der Waals surface area contributed by atoms with Crippen LogP contribution in [-0.2, 0) is 4.79 Å². The zero-order valence-corrected chi connectivity index (χ0v) is 15.6. The summed E-state index contributed by atoms with van der Waals surface area (Å²) in [5.41, 5.74) is 1.12. The van der Waals surface area contributed by atoms with Crippen LogP contribution in [-0.4, -0.2) is 49.4 Å². The quantitative estimate of drug-likeness (QED) is 0.876. The Bertz CT molecular complexity index is 783. The van der Waals surface area contributed by atoms with Crippen molar-refractivity contribution in [3.63, 3.8) is 0 Å². The highest BCUT2D eigenvalue weighted by molar-refractivity contribution is 5.92. The van der Waals surface area contributed by atoms with E-state index in [4.69, 9.17) is 4.74 Å². The zero-order chi connectivity index (χ0) is 18.6. The standard InChI is InChI=1S/C20H25N5O2/c1-27-17-8-3-2-7-16(17)24-11-13-25(14-12-24)19-10-9-18(22-23-19)21-20(26)15-5-4-6-15/h2-3,7-10,15H,4-6,11-14H2,1H3,(H,21,22,26). The maximum atomic E-state index is 12.0. The Morgan fingerprint density at radius 3 is 2.41 bits per heavy atom. The Morgan fingerprint density at radius 2 is 1.78 bits per heavy atom. The van der Waals surface area contributed by atoms with Gasteiger partial charge in [0.1, 0.15) is 5.75 Å². The molecule has 0 spiro atoms. The number of benzene rings is 1. The van der Waals surface area contributed by atoms with Gasteiger partial charge in [0.15, 0.2) is 11.6 Å². The Kier molecular flexibility index (Phi) is 5.09. The van der Waals surface area contributed by atoms with Gasteiger partial charge in [0, 0.05) is 32.1 Å². The molecule has 4 rings (SSSR count). The van der Waals surface area contributed by atoms with E-state index in [1.54, 1.807) is 7.11 Å². The topological polar surface area (TPSA) is 70.6 Å². The van der Waals surface area contributed by atoms with Gasteiger partial charge in [-0.15, -0.1) is 10.2 Å². The van der Waals surface area contributed by atoms with Crippen molar-refractivity contribution in [3.05, 3.63) is 36.4 Å². The SMILES string of the molecule is COc1ccccc1N1CCN(c2ccc(NC(=O)C3CCC3)nn2)CC1. The molecule has 1 saturated heterocycles. The van der Waals surface area contributed by atoms with Crippen LogP contribution in [0.15, 0.2) is 36.4 Å². The average Bonchev–Trinajstić information content (AvgIpc) is 2.67. The van der Waals surface area contributed by atoms with Gasteiger partial charge in [-0.3, -0.25) is 4.79 Å². The Labute approximate surface area is 159 Å². The van der Waals surface area contributed by atoms with Crippen LogP contribution in [0.2, 0.25) is 0 Å². The van der Waals surface area contributed by atoms with Crippen LogP contribution in [0.1, 0.15) is 19.3 Å². The van der Waals surface area contributed by atoms with E-state index in [2.05, 4.69) is 31.4 Å². The largest absolute Gasteiger partial charge is 0.495 e. The number of aromatic nitrogens is 2. The summed E-state index contributed by atoms with van der Waals surface area (Å²) < 4.78 is 5.47. The van der Waals surface area contributed by atoms with Crippen molar-refractivity contribution in [2.24, 2.45) is 5.92 Å². The first kappa shape index (κ1) is 17.6. The third kappa shape index (κ3) is 3.82. The molecule has 1 saturated carbocycles. The molecule has 2 fully saturated rings. The molecule has 142 valence electrons. The summed E-state index contributed by atoms with van der Waals surface area (Å²) in [4.78, 5) is 16.5. The summed E-state index contributed by atoms with van der Waals surface area (Å²) in [6.07, 6.45) is 3.10. The average molecular weight is 367 g/mol. The predicted molar refractivity (Wildman–Crippen MR) is 105 cm³/mol. The Hall–Kier alpha value is -2.83. The van der Waals surface area contributed by atoms with E-state index in [-0.39, 0.29) is 11.8 Å². The molecule has 1 aliphatic heterocycles. The van der Waals surface area contributed by atoms with Gasteiger partial charge in [0.2, 0.25) is 5.91 Å². The summed E-state index contributed by atoms with van der Waals surface area (Å²) >= 11 is 0. The number of carbonyl (C=O) groups excluding carboxylic acids is 1. The second kappa shape index (κ2) is 7.82. The van der Waals surface area contributed by atoms with Crippen LogP contribution in [0.25, 0.3) is 0 Å². The summed E-state index contributed by atoms with van der Waals surface area (Å²) in [5.74, 6) is 2.49. The highest BCUT2D eigenvalue weighted by Crippen LogP contribution is 2.29. The maximum Gasteiger partial charge on any atom is 0.228 e. The highest BCUT2D eigenvalue weighted by Gasteiger charge is 2.25. The molecular weight excluding hydrogens is 342 g/mol. The number of nitrogens with zero attached hydrogens (tertiary/aromatic N) is 4. The van der Waals surface area contributed by atoms with Gasteiger partial charge in [-0.2, -0.15) is 0 Å². The lowest BCUT2D eigenvalue weighted by molar-refractivity contribution is -0.122. The van der Waals surface area contributed by atoms with Crippen molar-refractivity contribution >= 4 is 23.2 Å². The number of carbonyl (C=O) groups is 1. The monoisotopic (exact) mass is 367 g/mol. The van der Waals surface area contributed by atoms with Crippen molar-refractivity contribution in [2.75, 3.05) is 48.4 Å². The molecule has 1 N–H and O–H groups in total. The van der Waals surface area contributed by atoms with Gasteiger partial charge >= 0.3 is 0 Å². The molecule has 0 unspecified atom stereocenters. The molecule has 2 aromatic rings. The number of ether oxygens (including phenoxy) is 1. The number of anilines is 3. The fourth-order valence-electron chi connectivity index (χ4n) is 3.53. The number of hydrogen-bond acceptors (Lipinski definition) is 6. The first-order chi connectivity index (χ1) is 13.2. The fraction of sp³-hybridized carbons (Fsp3) is 0.450. The number of nitrogens with one attached hydrogen (secondary N) is 1. The van der Waals surface area contributed by atoms with E-state index >= 15 is 0 Å². The van der Waals surface area contributed by atoms with Crippen molar-refractivity contribution in [1.29, 1.82) is 0 Å². The summed E-state index contributed by atoms with van der Waals surface area (Å²) in [5, 5.41) is 11.4. The molecule has 1 aromatic carbocycles. The maximum absolute atomic E-state index is 12.0. The second-order valence-corrected chi connectivity index (χ2v) is 7.04. The molecule has 7 nitrogen and oxygen atoms in total. The molecule has 2 heterocycles. The predicted octanol–water partition coefficient (Wildman–Crippen LogP) is 2.55. The Balaban J connectivity index is 1.34. The van der Waals surface area contributed by atoms with Gasteiger partial charge in [0.25, 0.3) is 0 Å². The van der Waals surface area contributed by atoms with Crippen LogP contribution >= 0.6 is 0 Å². The number of amides is 1. The van der Waals surface area contributed by atoms with Crippen molar-refractivity contribution in [2.45, 2.75) is 19.3 Å². The summed E-state index contributed by atoms with van der Waals surface area (Å²) in [6, 6.07) is 11.9. The van der Waals surface area contributed by atoms with Crippen LogP contribution in [0.5, 0.6) is 5.75 Å². The number of para-hydroxylation sites is 2. The van der Waals surface area contributed by atoms with Gasteiger partial charge in [-0.05, 0) is 37.1 Å². The third-order valence-electron chi connectivity index (χ3n) is 5.41. The van der Waals surface area contributed by atoms with Crippen molar-refractivity contribution in [3.8, 4) is 5.75 Å². The van der Waals surface area contributed by atoms with Crippen molar-refractivity contribution in [1.82, 2.24) is 10.2 Å². The molecule has 1 amide bonds. The smallest absolute Gasteiger partial charge is 0.228 e. The first-order valence-electron chi connectivity index (χ1n) is 9.52. The van der Waals surface area contributed by atoms with Crippen LogP contribution < -0.4 is 19.9 Å². The van der Waals surface area contributed by atoms with Crippen LogP contribution in [0.4, 0.5) is 17.3 Å². The molecule has 0 radical (unpaired) electrons. The van der Waals surface area contributed by atoms with Gasteiger partial charge < -0.3 is 19.9 Å². The summed E-state index contributed by atoms with van der Waals surface area (Å²) in [7, 11) is 1.70. The molecule has 1 aromatic heterocycles. The molecule has 2 aliphatic rings. The third-order valence-corrected chi connectivity index (χ3v) is 5.41. The molecular formula is C20H25N5O2. The fourth-order valence-corrected chi connectivity index (χ4v) is 3.53. The lowest BCUT2D eigenvalue weighted by atomic mass is 9.85. The van der Waals surface area contributed by atoms with E-state index in [9.17, 15) is 4.79 Å². The lowest BCUT2D eigenvalue weighted by Crippen LogP contribution is -2.47. The minimum Gasteiger partial charge on any atom is -0.495 e. The van der Waals surface area contributed by atoms with Gasteiger partial charge in [-0.1, -0.05) is 18.6 Å². The van der Waals surface area contributed by atoms with E-state index in [0.717, 1.165) is 62.7 Å². The number of hydrogen-bond donors (Lipinski definition) is 1. The molecule has 1 aliphatic carbocycles. The van der Waals surface area contributed by atoms with E-state index in [0.29, 0.717) is 5.82 Å². The molecule has 27 heavy (non-hydrogen) atoms. The molecule has 0 bridgehead atoms. The zero-order valence-electron chi connectivity index (χ0n) is 15.6. The minimum absolute atomic E-state index is 0.0636. The highest BCUT2D eigenvalue weighted by atomic mass is 16.5. The lowest BCUT2D eigenvalue weighted by Gasteiger charge is -2.37. The van der Waals surface area contributed by atoms with Crippen LogP contribution in [0, 0.1) is 5.92 Å². The van der Waals surface area contributed by atoms with E-state index in [1.807, 2.05) is 30.3 Å². The number of methoxy groups -OCH3 is 1. The Morgan fingerprint density at radius 1 is 1.04 bits per heavy atom. The van der Waals surface area contributed by atoms with Gasteiger partial charge in [-0.25, -0.2) is 0 Å². The first-order valence-corrected chi connectivity index (χ1v) is 9.52. The van der Waals surface area contributed by atoms with Crippen molar-refractivity contribution < 1.29 is 9.53 Å². The second-order valence-electron chi connectivity index (χ2n) is 7.04. The molecule has 7 heteroatoms. The van der Waals surface area contributed by atoms with E-state index < -0.39 is 0 Å². The minimum atomic E-state index is 0.0636. The summed E-state index contributed by atoms with van der Waals surface area (Å²) in [6.45, 7) is 3.51. The van der Waals surface area contributed by atoms with Crippen LogP contribution in [0.3, 0.4) is 0 Å². The van der Waals surface area contributed by atoms with E-state index in [1.165, 1.54) is 0 Å². The van der Waals surface area contributed by atoms with Gasteiger partial charge in [0.05, 0.1) is 12.8 Å². The number of rotatable bonds is 5.